The molecule has 2 rings (SSSR count). The van der Waals surface area contributed by atoms with Gasteiger partial charge in [0.15, 0.2) is 5.82 Å². The normalized spacial score (nSPS) is 17.1. The summed E-state index contributed by atoms with van der Waals surface area (Å²) in [5.74, 6) is -0.204. The Balaban J connectivity index is 2.76. The first-order valence-corrected chi connectivity index (χ1v) is 3.80. The van der Waals surface area contributed by atoms with Crippen molar-refractivity contribution >= 4 is 15.9 Å². The molecular weight excluding hydrogens is 218 g/mol. The molecule has 0 saturated carbocycles. The van der Waals surface area contributed by atoms with E-state index >= 15 is 0 Å². The molecule has 0 atom stereocenters. The van der Waals surface area contributed by atoms with Gasteiger partial charge >= 0.3 is 0 Å². The summed E-state index contributed by atoms with van der Waals surface area (Å²) in [4.78, 5) is 3.74. The van der Waals surface area contributed by atoms with Crippen LogP contribution in [0.1, 0.15) is 8.22 Å². The van der Waals surface area contributed by atoms with E-state index in [-0.39, 0.29) is 28.5 Å². The maximum Gasteiger partial charge on any atom is 0.153 e. The van der Waals surface area contributed by atoms with Crippen molar-refractivity contribution in [2.45, 2.75) is 0 Å². The van der Waals surface area contributed by atoms with Gasteiger partial charge in [-0.05, 0) is 34.1 Å². The van der Waals surface area contributed by atoms with Crippen LogP contribution < -0.4 is 0 Å². The van der Waals surface area contributed by atoms with Crippen molar-refractivity contribution in [3.63, 3.8) is 0 Å². The zero-order chi connectivity index (χ0) is 13.6. The maximum absolute atomic E-state index is 7.72. The van der Waals surface area contributed by atoms with Crippen LogP contribution in [0.15, 0.2) is 41.1 Å². The molecule has 0 unspecified atom stereocenters. The Hall–Kier alpha value is -1.16. The van der Waals surface area contributed by atoms with E-state index in [1.807, 2.05) is 0 Å². The highest BCUT2D eigenvalue weighted by molar-refractivity contribution is 9.10. The highest BCUT2D eigenvalue weighted by Gasteiger charge is 1.95. The molecule has 0 N–H and O–H groups in total. The van der Waals surface area contributed by atoms with Crippen LogP contribution in [0.25, 0.3) is 5.82 Å². The highest BCUT2D eigenvalue weighted by Crippen LogP contribution is 2.09. The second-order valence-electron chi connectivity index (χ2n) is 1.87. The number of nitrogens with zero attached hydrogens (tertiary/aromatic N) is 3. The smallest absolute Gasteiger partial charge is 0.153 e. The second kappa shape index (κ2) is 3.06. The van der Waals surface area contributed by atoms with Crippen molar-refractivity contribution in [3.8, 4) is 5.82 Å². The summed E-state index contributed by atoms with van der Waals surface area (Å²) >= 11 is 2.97. The Morgan fingerprint density at radius 3 is 3.17 bits per heavy atom. The van der Waals surface area contributed by atoms with Crippen molar-refractivity contribution in [2.24, 2.45) is 0 Å². The lowest BCUT2D eigenvalue weighted by atomic mass is 10.5. The monoisotopic (exact) mass is 229 g/mol. The molecule has 0 aliphatic heterocycles. The van der Waals surface area contributed by atoms with Crippen LogP contribution in [0, 0.1) is 0 Å². The fourth-order valence-electron chi connectivity index (χ4n) is 0.647. The largest absolute Gasteiger partial charge is 0.236 e. The van der Waals surface area contributed by atoms with Crippen LogP contribution in [0.5, 0.6) is 0 Å². The van der Waals surface area contributed by atoms with Gasteiger partial charge in [0, 0.05) is 23.0 Å². The molecule has 0 saturated heterocycles. The number of hydrogen-bond acceptors (Lipinski definition) is 2. The fourth-order valence-corrected chi connectivity index (χ4v) is 0.835. The molecule has 0 aliphatic carbocycles. The molecule has 3 nitrogen and oxygen atoms in total. The van der Waals surface area contributed by atoms with Crippen LogP contribution in [-0.2, 0) is 0 Å². The van der Waals surface area contributed by atoms with Gasteiger partial charge in [-0.1, -0.05) is 0 Å². The Kier molecular flexibility index (Phi) is 0.842. The summed E-state index contributed by atoms with van der Waals surface area (Å²) in [5, 5.41) is 3.60. The molecule has 0 amide bonds. The Bertz CT molecular complexity index is 640. The van der Waals surface area contributed by atoms with Gasteiger partial charge in [0.1, 0.15) is 0 Å². The minimum atomic E-state index is -0.415. The predicted octanol–water partition coefficient (Wildman–Crippen LogP) is 2.03. The molecule has 60 valence electrons. The van der Waals surface area contributed by atoms with Crippen molar-refractivity contribution in [1.82, 2.24) is 14.8 Å². The molecule has 2 heterocycles. The first-order chi connectivity index (χ1) is 8.34. The third-order valence-corrected chi connectivity index (χ3v) is 1.49. The van der Waals surface area contributed by atoms with Gasteiger partial charge in [0.25, 0.3) is 0 Å². The topological polar surface area (TPSA) is 30.7 Å². The zero-order valence-corrected chi connectivity index (χ0v) is 7.31. The Morgan fingerprint density at radius 2 is 2.42 bits per heavy atom. The number of pyridine rings is 1. The lowest BCUT2D eigenvalue weighted by Gasteiger charge is -1.98. The average Bonchev–Trinajstić information content (AvgIpc) is 2.59. The number of rotatable bonds is 1. The van der Waals surface area contributed by atoms with Crippen LogP contribution >= 0.6 is 15.9 Å². The van der Waals surface area contributed by atoms with Gasteiger partial charge in [0.05, 0.1) is 8.22 Å². The summed E-state index contributed by atoms with van der Waals surface area (Å²) in [5.41, 5.74) is 0. The highest BCUT2D eigenvalue weighted by atomic mass is 79.9. The second-order valence-corrected chi connectivity index (χ2v) is 2.66. The minimum Gasteiger partial charge on any atom is -0.236 e. The first kappa shape index (κ1) is 3.30. The van der Waals surface area contributed by atoms with Crippen molar-refractivity contribution < 1.29 is 8.22 Å². The average molecular weight is 230 g/mol. The SMILES string of the molecule is [2H]c1nn(-c2nc([2H])c(Br)c([2H])c2[2H])c([2H])c1[2H]. The lowest BCUT2D eigenvalue weighted by molar-refractivity contribution is 0.846. The molecular formula is C8H6BrN3. The molecule has 0 aliphatic rings. The maximum atomic E-state index is 7.72. The molecule has 0 fully saturated rings. The summed E-state index contributed by atoms with van der Waals surface area (Å²) < 4.78 is 46.0. The van der Waals surface area contributed by atoms with E-state index in [9.17, 15) is 0 Å². The van der Waals surface area contributed by atoms with Crippen molar-refractivity contribution in [2.75, 3.05) is 0 Å². The summed E-state index contributed by atoms with van der Waals surface area (Å²) in [6.07, 6.45) is -1.08. The Labute approximate surface area is 86.6 Å². The first-order valence-electron chi connectivity index (χ1n) is 6.01. The van der Waals surface area contributed by atoms with E-state index in [1.165, 1.54) is 0 Å². The standard InChI is InChI=1S/C8H6BrN3/c9-7-2-3-8(10-6-7)12-5-1-4-11-12/h1-6H/i1D,2D,3D,4D,5D,6D. The zero-order valence-electron chi connectivity index (χ0n) is 11.7. The summed E-state index contributed by atoms with van der Waals surface area (Å²) in [6, 6.07) is -0.969. The van der Waals surface area contributed by atoms with Crippen LogP contribution in [-0.4, -0.2) is 14.8 Å². The van der Waals surface area contributed by atoms with E-state index in [0.717, 1.165) is 4.68 Å². The van der Waals surface area contributed by atoms with E-state index in [0.29, 0.717) is 0 Å². The van der Waals surface area contributed by atoms with E-state index in [2.05, 4.69) is 26.0 Å². The predicted molar refractivity (Wildman–Crippen MR) is 49.1 cm³/mol. The van der Waals surface area contributed by atoms with Gasteiger partial charge in [-0.2, -0.15) is 5.10 Å². The number of hydrogen-bond donors (Lipinski definition) is 0. The molecule has 0 radical (unpaired) electrons. The molecule has 0 aromatic carbocycles. The molecule has 0 spiro atoms. The fraction of sp³-hybridized carbons (Fsp3) is 0. The van der Waals surface area contributed by atoms with E-state index in [4.69, 9.17) is 8.22 Å². The molecule has 4 heteroatoms. The van der Waals surface area contributed by atoms with Gasteiger partial charge < -0.3 is 0 Å². The quantitative estimate of drug-likeness (QED) is 0.750. The summed E-state index contributed by atoms with van der Waals surface area (Å²) in [7, 11) is 0. The van der Waals surface area contributed by atoms with Gasteiger partial charge in [-0.15, -0.1) is 0 Å². The van der Waals surface area contributed by atoms with Crippen LogP contribution in [0.3, 0.4) is 0 Å². The molecule has 2 aromatic rings. The third-order valence-electron chi connectivity index (χ3n) is 1.11. The van der Waals surface area contributed by atoms with E-state index in [1.54, 1.807) is 0 Å². The summed E-state index contributed by atoms with van der Waals surface area (Å²) in [6.45, 7) is 0. The van der Waals surface area contributed by atoms with E-state index < -0.39 is 18.4 Å². The molecule has 0 bridgehead atoms. The van der Waals surface area contributed by atoms with Gasteiger partial charge in [-0.25, -0.2) is 9.67 Å². The third kappa shape index (κ3) is 1.38. The minimum absolute atomic E-state index is 0.0760. The van der Waals surface area contributed by atoms with Crippen molar-refractivity contribution in [3.05, 3.63) is 41.1 Å². The number of halogens is 1. The lowest BCUT2D eigenvalue weighted by Crippen LogP contribution is -1.96. The van der Waals surface area contributed by atoms with Crippen LogP contribution in [0.4, 0.5) is 0 Å². The Morgan fingerprint density at radius 1 is 1.50 bits per heavy atom. The van der Waals surface area contributed by atoms with Gasteiger partial charge in [0.2, 0.25) is 0 Å². The van der Waals surface area contributed by atoms with Crippen LogP contribution in [0.2, 0.25) is 0 Å². The van der Waals surface area contributed by atoms with Gasteiger partial charge in [-0.3, -0.25) is 0 Å². The molecule has 2 aromatic heterocycles. The van der Waals surface area contributed by atoms with Crippen molar-refractivity contribution in [1.29, 1.82) is 0 Å². The molecule has 12 heavy (non-hydrogen) atoms. The number of aromatic nitrogens is 3.